The number of hydrogen-bond donors (Lipinski definition) is 4. The van der Waals surface area contributed by atoms with E-state index in [9.17, 15) is 14.8 Å². The highest BCUT2D eigenvalue weighted by atomic mass is 16.4. The number of benzene rings is 2. The molecule has 6 nitrogen and oxygen atoms in total. The smallest absolute Gasteiger partial charge is 0.423 e. The summed E-state index contributed by atoms with van der Waals surface area (Å²) >= 11 is 0. The van der Waals surface area contributed by atoms with E-state index in [1.165, 1.54) is 5.56 Å². The summed E-state index contributed by atoms with van der Waals surface area (Å²) in [7, 11) is -1.57. The van der Waals surface area contributed by atoms with Crippen LogP contribution in [0.3, 0.4) is 0 Å². The Morgan fingerprint density at radius 3 is 2.72 bits per heavy atom. The Morgan fingerprint density at radius 2 is 2.00 bits per heavy atom. The lowest BCUT2D eigenvalue weighted by molar-refractivity contribution is 0.0714. The molecule has 5 N–H and O–H groups in total. The van der Waals surface area contributed by atoms with Crippen LogP contribution in [0.25, 0.3) is 0 Å². The molecule has 2 aromatic carbocycles. The van der Waals surface area contributed by atoms with Gasteiger partial charge < -0.3 is 26.0 Å². The fourth-order valence-corrected chi connectivity index (χ4v) is 4.50. The van der Waals surface area contributed by atoms with E-state index in [1.807, 2.05) is 11.0 Å². The van der Waals surface area contributed by atoms with Crippen LogP contribution in [0.15, 0.2) is 36.4 Å². The van der Waals surface area contributed by atoms with Gasteiger partial charge in [-0.1, -0.05) is 30.3 Å². The van der Waals surface area contributed by atoms with Gasteiger partial charge >= 0.3 is 7.12 Å². The highest BCUT2D eigenvalue weighted by Crippen LogP contribution is 2.31. The van der Waals surface area contributed by atoms with Crippen LogP contribution in [-0.4, -0.2) is 47.6 Å². The third kappa shape index (κ3) is 4.17. The zero-order chi connectivity index (χ0) is 20.4. The van der Waals surface area contributed by atoms with Gasteiger partial charge in [-0.2, -0.15) is 0 Å². The van der Waals surface area contributed by atoms with Gasteiger partial charge in [0.05, 0.1) is 11.3 Å². The molecule has 0 atom stereocenters. The fourth-order valence-electron chi connectivity index (χ4n) is 4.50. The van der Waals surface area contributed by atoms with Crippen LogP contribution in [0.5, 0.6) is 0 Å². The van der Waals surface area contributed by atoms with Crippen LogP contribution in [0, 0.1) is 0 Å². The number of anilines is 1. The molecule has 0 spiro atoms. The minimum atomic E-state index is -1.57. The SMILES string of the molecule is NCc1cccc(C2CCN(C(=O)c3cc(B(O)O)cc4c3NCCC4)CC2)c1. The van der Waals surface area contributed by atoms with E-state index < -0.39 is 7.12 Å². The minimum absolute atomic E-state index is 0.0349. The van der Waals surface area contributed by atoms with Crippen LogP contribution in [0.1, 0.15) is 52.2 Å². The molecule has 2 aliphatic rings. The van der Waals surface area contributed by atoms with E-state index in [-0.39, 0.29) is 5.91 Å². The number of rotatable bonds is 4. The van der Waals surface area contributed by atoms with Crippen molar-refractivity contribution < 1.29 is 14.8 Å². The highest BCUT2D eigenvalue weighted by Gasteiger charge is 2.29. The van der Waals surface area contributed by atoms with Gasteiger partial charge in [0, 0.05) is 26.2 Å². The number of piperidine rings is 1. The average molecular weight is 393 g/mol. The number of nitrogens with one attached hydrogen (secondary N) is 1. The molecule has 0 unspecified atom stereocenters. The summed E-state index contributed by atoms with van der Waals surface area (Å²) in [5.74, 6) is 0.399. The van der Waals surface area contributed by atoms with Crippen molar-refractivity contribution >= 4 is 24.2 Å². The first-order chi connectivity index (χ1) is 14.1. The molecule has 0 radical (unpaired) electrons. The van der Waals surface area contributed by atoms with Crippen molar-refractivity contribution in [1.29, 1.82) is 0 Å². The van der Waals surface area contributed by atoms with E-state index >= 15 is 0 Å². The molecular weight excluding hydrogens is 365 g/mol. The first-order valence-electron chi connectivity index (χ1n) is 10.4. The predicted octanol–water partition coefficient (Wildman–Crippen LogP) is 1.20. The van der Waals surface area contributed by atoms with Crippen molar-refractivity contribution in [2.45, 2.75) is 38.1 Å². The van der Waals surface area contributed by atoms with E-state index in [4.69, 9.17) is 5.73 Å². The Hall–Kier alpha value is -2.35. The Morgan fingerprint density at radius 1 is 1.21 bits per heavy atom. The second kappa shape index (κ2) is 8.57. The number of carbonyl (C=O) groups excluding carboxylic acids is 1. The van der Waals surface area contributed by atoms with Crippen LogP contribution in [-0.2, 0) is 13.0 Å². The Labute approximate surface area is 171 Å². The van der Waals surface area contributed by atoms with E-state index in [0.717, 1.165) is 49.0 Å². The Kier molecular flexibility index (Phi) is 5.90. The van der Waals surface area contributed by atoms with Gasteiger partial charge in [0.25, 0.3) is 5.91 Å². The first kappa shape index (κ1) is 19.9. The second-order valence-electron chi connectivity index (χ2n) is 8.02. The lowest BCUT2D eigenvalue weighted by Crippen LogP contribution is -2.40. The molecule has 4 rings (SSSR count). The largest absolute Gasteiger partial charge is 0.488 e. The van der Waals surface area contributed by atoms with Gasteiger partial charge in [0.2, 0.25) is 0 Å². The summed E-state index contributed by atoms with van der Waals surface area (Å²) in [6.45, 7) is 2.75. The summed E-state index contributed by atoms with van der Waals surface area (Å²) in [5, 5.41) is 22.6. The lowest BCUT2D eigenvalue weighted by atomic mass is 9.77. The third-order valence-electron chi connectivity index (χ3n) is 6.14. The molecule has 2 aromatic rings. The topological polar surface area (TPSA) is 98.8 Å². The summed E-state index contributed by atoms with van der Waals surface area (Å²) in [5.41, 5.74) is 11.0. The summed E-state index contributed by atoms with van der Waals surface area (Å²) < 4.78 is 0. The van der Waals surface area contributed by atoms with Gasteiger partial charge in [0.15, 0.2) is 0 Å². The summed E-state index contributed by atoms with van der Waals surface area (Å²) in [4.78, 5) is 15.2. The molecule has 1 amide bonds. The average Bonchev–Trinajstić information content (AvgIpc) is 2.78. The van der Waals surface area contributed by atoms with Crippen molar-refractivity contribution in [3.63, 3.8) is 0 Å². The van der Waals surface area contributed by atoms with Crippen molar-refractivity contribution in [2.24, 2.45) is 5.73 Å². The molecule has 7 heteroatoms. The maximum atomic E-state index is 13.3. The molecule has 0 aromatic heterocycles. The molecule has 152 valence electrons. The first-order valence-corrected chi connectivity index (χ1v) is 10.4. The maximum absolute atomic E-state index is 13.3. The fraction of sp³-hybridized carbons (Fsp3) is 0.409. The van der Waals surface area contributed by atoms with Gasteiger partial charge in [-0.3, -0.25) is 4.79 Å². The number of fused-ring (bicyclic) bond motifs is 1. The number of hydrogen-bond acceptors (Lipinski definition) is 5. The van der Waals surface area contributed by atoms with Crippen LogP contribution in [0.2, 0.25) is 0 Å². The second-order valence-corrected chi connectivity index (χ2v) is 8.02. The lowest BCUT2D eigenvalue weighted by Gasteiger charge is -2.33. The van der Waals surface area contributed by atoms with Crippen molar-refractivity contribution in [3.05, 3.63) is 58.7 Å². The van der Waals surface area contributed by atoms with Crippen LogP contribution < -0.4 is 16.5 Å². The molecule has 0 bridgehead atoms. The third-order valence-corrected chi connectivity index (χ3v) is 6.14. The summed E-state index contributed by atoms with van der Waals surface area (Å²) in [6, 6.07) is 11.8. The molecule has 1 saturated heterocycles. The quantitative estimate of drug-likeness (QED) is 0.586. The van der Waals surface area contributed by atoms with Crippen LogP contribution >= 0.6 is 0 Å². The monoisotopic (exact) mass is 393 g/mol. The molecule has 29 heavy (non-hydrogen) atoms. The zero-order valence-corrected chi connectivity index (χ0v) is 16.6. The van der Waals surface area contributed by atoms with Gasteiger partial charge in [-0.05, 0) is 59.8 Å². The van der Waals surface area contributed by atoms with E-state index in [2.05, 4.69) is 23.5 Å². The van der Waals surface area contributed by atoms with E-state index in [1.54, 1.807) is 12.1 Å². The highest BCUT2D eigenvalue weighted by molar-refractivity contribution is 6.58. The number of nitrogens with zero attached hydrogens (tertiary/aromatic N) is 1. The van der Waals surface area contributed by atoms with Gasteiger partial charge in [0.1, 0.15) is 0 Å². The van der Waals surface area contributed by atoms with Gasteiger partial charge in [-0.15, -0.1) is 0 Å². The number of carbonyl (C=O) groups is 1. The Balaban J connectivity index is 1.52. The summed E-state index contributed by atoms with van der Waals surface area (Å²) in [6.07, 6.45) is 3.64. The maximum Gasteiger partial charge on any atom is 0.488 e. The van der Waals surface area contributed by atoms with Crippen molar-refractivity contribution in [2.75, 3.05) is 25.0 Å². The molecule has 2 aliphatic heterocycles. The van der Waals surface area contributed by atoms with Crippen molar-refractivity contribution in [3.8, 4) is 0 Å². The number of nitrogens with two attached hydrogens (primary N) is 1. The zero-order valence-electron chi connectivity index (χ0n) is 16.6. The van der Waals surface area contributed by atoms with Crippen molar-refractivity contribution in [1.82, 2.24) is 4.90 Å². The molecule has 1 fully saturated rings. The van der Waals surface area contributed by atoms with E-state index in [0.29, 0.717) is 36.6 Å². The molecular formula is C22H28BN3O3. The number of amides is 1. The normalized spacial score (nSPS) is 16.9. The Bertz CT molecular complexity index is 895. The minimum Gasteiger partial charge on any atom is -0.423 e. The standard InChI is InChI=1S/C22H28BN3O3/c24-14-15-3-1-4-17(11-15)16-6-9-26(10-7-16)22(27)20-13-19(23(28)29)12-18-5-2-8-25-21(18)20/h1,3-4,11-13,16,25,28-29H,2,5-10,14,24H2. The number of aryl methyl sites for hydroxylation is 1. The van der Waals surface area contributed by atoms with Gasteiger partial charge in [-0.25, -0.2) is 0 Å². The number of likely N-dealkylation sites (tertiary alicyclic amines) is 1. The predicted molar refractivity (Wildman–Crippen MR) is 115 cm³/mol. The van der Waals surface area contributed by atoms with Crippen LogP contribution in [0.4, 0.5) is 5.69 Å². The molecule has 0 aliphatic carbocycles. The molecule has 2 heterocycles. The molecule has 0 saturated carbocycles.